The van der Waals surface area contributed by atoms with Crippen LogP contribution in [0.5, 0.6) is 5.75 Å². The fourth-order valence-corrected chi connectivity index (χ4v) is 3.94. The van der Waals surface area contributed by atoms with Crippen LogP contribution in [0, 0.1) is 6.92 Å². The van der Waals surface area contributed by atoms with Crippen molar-refractivity contribution in [2.45, 2.75) is 6.92 Å². The molecule has 1 saturated heterocycles. The van der Waals surface area contributed by atoms with Gasteiger partial charge in [0.05, 0.1) is 19.0 Å². The van der Waals surface area contributed by atoms with Crippen LogP contribution in [0.2, 0.25) is 0 Å². The molecule has 1 aliphatic heterocycles. The van der Waals surface area contributed by atoms with Crippen LogP contribution in [0.3, 0.4) is 0 Å². The topological polar surface area (TPSA) is 96.3 Å². The number of fused-ring (bicyclic) bond motifs is 1. The van der Waals surface area contributed by atoms with Crippen LogP contribution in [0.4, 0.5) is 11.6 Å². The second-order valence-electron chi connectivity index (χ2n) is 5.95. The Bertz CT molecular complexity index is 945. The fraction of sp³-hybridized carbons (Fsp3) is 0.353. The van der Waals surface area contributed by atoms with Gasteiger partial charge in [-0.3, -0.25) is 10.1 Å². The summed E-state index contributed by atoms with van der Waals surface area (Å²) in [7, 11) is 1.62. The Labute approximate surface area is 154 Å². The second kappa shape index (κ2) is 6.91. The van der Waals surface area contributed by atoms with Crippen molar-refractivity contribution in [3.63, 3.8) is 0 Å². The highest BCUT2D eigenvalue weighted by Gasteiger charge is 2.20. The monoisotopic (exact) mass is 373 g/mol. The van der Waals surface area contributed by atoms with Crippen LogP contribution >= 0.6 is 11.8 Å². The Morgan fingerprint density at radius 2 is 2.19 bits per heavy atom. The van der Waals surface area contributed by atoms with Crippen LogP contribution in [0.25, 0.3) is 11.0 Å². The predicted molar refractivity (Wildman–Crippen MR) is 101 cm³/mol. The van der Waals surface area contributed by atoms with Crippen molar-refractivity contribution < 1.29 is 14.1 Å². The van der Waals surface area contributed by atoms with E-state index in [4.69, 9.17) is 9.26 Å². The molecule has 1 aliphatic rings. The summed E-state index contributed by atoms with van der Waals surface area (Å²) in [6.07, 6.45) is 1.39. The number of anilines is 2. The predicted octanol–water partition coefficient (Wildman–Crippen LogP) is 2.67. The maximum Gasteiger partial charge on any atom is 0.263 e. The molecule has 8 nitrogen and oxygen atoms in total. The maximum absolute atomic E-state index is 12.4. The molecule has 1 fully saturated rings. The maximum atomic E-state index is 12.4. The molecular formula is C17H19N5O3S. The van der Waals surface area contributed by atoms with Crippen LogP contribution < -0.4 is 15.0 Å². The molecule has 26 heavy (non-hydrogen) atoms. The van der Waals surface area contributed by atoms with Gasteiger partial charge in [-0.2, -0.15) is 11.8 Å². The highest BCUT2D eigenvalue weighted by molar-refractivity contribution is 7.99. The molecule has 2 aromatic heterocycles. The molecule has 0 spiro atoms. The number of imidazole rings is 1. The molecule has 2 N–H and O–H groups in total. The average Bonchev–Trinajstić information content (AvgIpc) is 3.27. The Kier molecular flexibility index (Phi) is 4.46. The normalized spacial score (nSPS) is 14.6. The SMILES string of the molecule is COc1ccc(N2CCSCC2)c2nc(NC(=O)c3cnoc3C)[nH]c12. The van der Waals surface area contributed by atoms with Gasteiger partial charge in [-0.1, -0.05) is 5.16 Å². The van der Waals surface area contributed by atoms with Gasteiger partial charge in [-0.05, 0) is 19.1 Å². The standard InChI is InChI=1S/C17H19N5O3S/c1-10-11(9-18-25-10)16(23)21-17-19-14-12(22-5-7-26-8-6-22)3-4-13(24-2)15(14)20-17/h3-4,9H,5-8H2,1-2H3,(H2,19,20,21,23). The average molecular weight is 373 g/mol. The molecule has 1 amide bonds. The van der Waals surface area contributed by atoms with Gasteiger partial charge in [0.15, 0.2) is 0 Å². The number of H-pyrrole nitrogens is 1. The molecule has 0 aliphatic carbocycles. The first-order valence-corrected chi connectivity index (χ1v) is 9.45. The summed E-state index contributed by atoms with van der Waals surface area (Å²) < 4.78 is 10.4. The number of carbonyl (C=O) groups excluding carboxylic acids is 1. The number of ether oxygens (including phenoxy) is 1. The Balaban J connectivity index is 1.70. The zero-order chi connectivity index (χ0) is 18.1. The molecule has 0 radical (unpaired) electrons. The Morgan fingerprint density at radius 1 is 1.38 bits per heavy atom. The van der Waals surface area contributed by atoms with Crippen LogP contribution in [-0.4, -0.2) is 52.7 Å². The van der Waals surface area contributed by atoms with Gasteiger partial charge in [0.2, 0.25) is 5.95 Å². The fourth-order valence-electron chi connectivity index (χ4n) is 3.03. The summed E-state index contributed by atoms with van der Waals surface area (Å²) in [5, 5.41) is 6.41. The molecule has 4 rings (SSSR count). The number of hydrogen-bond acceptors (Lipinski definition) is 7. The first-order valence-electron chi connectivity index (χ1n) is 8.29. The van der Waals surface area contributed by atoms with Gasteiger partial charge in [0.1, 0.15) is 28.1 Å². The van der Waals surface area contributed by atoms with Gasteiger partial charge in [-0.25, -0.2) is 4.98 Å². The number of aryl methyl sites for hydroxylation is 1. The van der Waals surface area contributed by atoms with E-state index in [2.05, 4.69) is 25.3 Å². The van der Waals surface area contributed by atoms with Crippen molar-refractivity contribution in [2.75, 3.05) is 41.9 Å². The summed E-state index contributed by atoms with van der Waals surface area (Å²) in [6.45, 7) is 3.64. The molecule has 3 heterocycles. The molecule has 1 aromatic carbocycles. The summed E-state index contributed by atoms with van der Waals surface area (Å²) in [6, 6.07) is 3.95. The van der Waals surface area contributed by atoms with Crippen molar-refractivity contribution in [1.82, 2.24) is 15.1 Å². The third-order valence-corrected chi connectivity index (χ3v) is 5.33. The highest BCUT2D eigenvalue weighted by Crippen LogP contribution is 2.34. The number of nitrogens with zero attached hydrogens (tertiary/aromatic N) is 3. The van der Waals surface area contributed by atoms with Crippen molar-refractivity contribution >= 4 is 40.3 Å². The van der Waals surface area contributed by atoms with Gasteiger partial charge in [0, 0.05) is 24.6 Å². The van der Waals surface area contributed by atoms with Gasteiger partial charge in [-0.15, -0.1) is 0 Å². The van der Waals surface area contributed by atoms with E-state index in [1.807, 2.05) is 23.9 Å². The summed E-state index contributed by atoms with van der Waals surface area (Å²) in [5.74, 6) is 3.37. The lowest BCUT2D eigenvalue weighted by Crippen LogP contribution is -2.32. The molecular weight excluding hydrogens is 354 g/mol. The van der Waals surface area contributed by atoms with Gasteiger partial charge < -0.3 is 19.1 Å². The number of benzene rings is 1. The van der Waals surface area contributed by atoms with Crippen molar-refractivity contribution in [3.8, 4) is 5.75 Å². The quantitative estimate of drug-likeness (QED) is 0.726. The largest absolute Gasteiger partial charge is 0.494 e. The van der Waals surface area contributed by atoms with Crippen LogP contribution in [0.1, 0.15) is 16.1 Å². The molecule has 0 unspecified atom stereocenters. The Hall–Kier alpha value is -2.68. The van der Waals surface area contributed by atoms with E-state index in [-0.39, 0.29) is 5.91 Å². The number of rotatable bonds is 4. The Morgan fingerprint density at radius 3 is 2.88 bits per heavy atom. The lowest BCUT2D eigenvalue weighted by molar-refractivity contribution is 0.102. The molecule has 136 valence electrons. The molecule has 9 heteroatoms. The van der Waals surface area contributed by atoms with E-state index in [0.717, 1.165) is 41.3 Å². The van der Waals surface area contributed by atoms with E-state index >= 15 is 0 Å². The highest BCUT2D eigenvalue weighted by atomic mass is 32.2. The lowest BCUT2D eigenvalue weighted by Gasteiger charge is -2.28. The van der Waals surface area contributed by atoms with Gasteiger partial charge in [0.25, 0.3) is 5.91 Å². The lowest BCUT2D eigenvalue weighted by atomic mass is 10.2. The van der Waals surface area contributed by atoms with E-state index < -0.39 is 0 Å². The first-order chi connectivity index (χ1) is 12.7. The molecule has 3 aromatic rings. The minimum absolute atomic E-state index is 0.322. The summed E-state index contributed by atoms with van der Waals surface area (Å²) >= 11 is 1.95. The third kappa shape index (κ3) is 2.98. The summed E-state index contributed by atoms with van der Waals surface area (Å²) in [5.41, 5.74) is 2.97. The van der Waals surface area contributed by atoms with Crippen LogP contribution in [0.15, 0.2) is 22.9 Å². The minimum atomic E-state index is -0.322. The number of carbonyl (C=O) groups is 1. The van der Waals surface area contributed by atoms with Gasteiger partial charge >= 0.3 is 0 Å². The van der Waals surface area contributed by atoms with Crippen molar-refractivity contribution in [2.24, 2.45) is 0 Å². The van der Waals surface area contributed by atoms with E-state index in [1.54, 1.807) is 14.0 Å². The number of methoxy groups -OCH3 is 1. The minimum Gasteiger partial charge on any atom is -0.494 e. The van der Waals surface area contributed by atoms with Crippen LogP contribution in [-0.2, 0) is 0 Å². The smallest absolute Gasteiger partial charge is 0.263 e. The zero-order valence-corrected chi connectivity index (χ0v) is 15.4. The van der Waals surface area contributed by atoms with E-state index in [9.17, 15) is 4.79 Å². The second-order valence-corrected chi connectivity index (χ2v) is 7.17. The van der Waals surface area contributed by atoms with E-state index in [0.29, 0.717) is 23.0 Å². The number of hydrogen-bond donors (Lipinski definition) is 2. The van der Waals surface area contributed by atoms with Crippen molar-refractivity contribution in [1.29, 1.82) is 0 Å². The third-order valence-electron chi connectivity index (χ3n) is 4.38. The number of aromatic amines is 1. The molecule has 0 atom stereocenters. The number of amides is 1. The number of aromatic nitrogens is 3. The number of nitrogens with one attached hydrogen (secondary N) is 2. The summed E-state index contributed by atoms with van der Waals surface area (Å²) in [4.78, 5) is 22.5. The number of thioether (sulfide) groups is 1. The molecule has 0 bridgehead atoms. The van der Waals surface area contributed by atoms with Crippen molar-refractivity contribution in [3.05, 3.63) is 29.7 Å². The zero-order valence-electron chi connectivity index (χ0n) is 14.5. The molecule has 0 saturated carbocycles. The van der Waals surface area contributed by atoms with E-state index in [1.165, 1.54) is 6.20 Å². The first kappa shape index (κ1) is 16.8.